The van der Waals surface area contributed by atoms with Crippen LogP contribution < -0.4 is 0 Å². The maximum absolute atomic E-state index is 11.9. The van der Waals surface area contributed by atoms with Crippen molar-refractivity contribution < 1.29 is 33.7 Å². The van der Waals surface area contributed by atoms with E-state index >= 15 is 0 Å². The summed E-state index contributed by atoms with van der Waals surface area (Å²) in [7, 11) is 0. The maximum atomic E-state index is 11.9. The van der Waals surface area contributed by atoms with Crippen LogP contribution in [0.2, 0.25) is 0 Å². The zero-order valence-corrected chi connectivity index (χ0v) is 17.5. The minimum absolute atomic E-state index is 0.153. The molecule has 0 amide bonds. The van der Waals surface area contributed by atoms with Gasteiger partial charge in [0.15, 0.2) is 12.3 Å². The van der Waals surface area contributed by atoms with E-state index in [9.17, 15) is 19.5 Å². The molecule has 1 aliphatic rings. The molecule has 1 aromatic carbocycles. The summed E-state index contributed by atoms with van der Waals surface area (Å²) >= 11 is 0. The Morgan fingerprint density at radius 2 is 1.73 bits per heavy atom. The Hall–Kier alpha value is -2.87. The first-order valence-electron chi connectivity index (χ1n) is 10.0. The summed E-state index contributed by atoms with van der Waals surface area (Å²) in [6, 6.07) is 7.38. The van der Waals surface area contributed by atoms with Gasteiger partial charge in [0.25, 0.3) is 0 Å². The number of rotatable bonds is 6. The number of nitrogens with zero attached hydrogens (tertiary/aromatic N) is 1. The zero-order valence-electron chi connectivity index (χ0n) is 17.5. The lowest BCUT2D eigenvalue weighted by Crippen LogP contribution is -2.54. The van der Waals surface area contributed by atoms with Crippen LogP contribution in [0.15, 0.2) is 30.5 Å². The van der Waals surface area contributed by atoms with Crippen molar-refractivity contribution in [2.45, 2.75) is 65.1 Å². The highest BCUT2D eigenvalue weighted by molar-refractivity contribution is 5.87. The summed E-state index contributed by atoms with van der Waals surface area (Å²) in [6.07, 6.45) is -0.352. The SMILES string of the molecule is CC[C@H]1O[C@@H](n2cc(CC(=O)O)c3ccccc32)[C@H](OC(C)=O)[C@@H](OC(C)=O)[C@@H]1C. The number of hydrogen-bond acceptors (Lipinski definition) is 6. The van der Waals surface area contributed by atoms with Crippen LogP contribution in [0.4, 0.5) is 0 Å². The Morgan fingerprint density at radius 3 is 2.33 bits per heavy atom. The lowest BCUT2D eigenvalue weighted by molar-refractivity contribution is -0.241. The molecule has 30 heavy (non-hydrogen) atoms. The van der Waals surface area contributed by atoms with Crippen molar-refractivity contribution in [3.05, 3.63) is 36.0 Å². The van der Waals surface area contributed by atoms with Crippen molar-refractivity contribution >= 4 is 28.8 Å². The van der Waals surface area contributed by atoms with Crippen LogP contribution in [0.1, 0.15) is 45.9 Å². The monoisotopic (exact) mass is 417 g/mol. The van der Waals surface area contributed by atoms with Gasteiger partial charge in [0.2, 0.25) is 0 Å². The summed E-state index contributed by atoms with van der Waals surface area (Å²) in [4.78, 5) is 35.0. The predicted molar refractivity (Wildman–Crippen MR) is 108 cm³/mol. The van der Waals surface area contributed by atoms with E-state index in [1.54, 1.807) is 10.8 Å². The predicted octanol–water partition coefficient (Wildman–Crippen LogP) is 3.08. The molecule has 0 aliphatic carbocycles. The van der Waals surface area contributed by atoms with Crippen LogP contribution in [0.3, 0.4) is 0 Å². The number of esters is 2. The lowest BCUT2D eigenvalue weighted by atomic mass is 9.88. The van der Waals surface area contributed by atoms with Crippen molar-refractivity contribution in [2.75, 3.05) is 0 Å². The van der Waals surface area contributed by atoms with E-state index < -0.39 is 36.3 Å². The van der Waals surface area contributed by atoms with Gasteiger partial charge in [0.05, 0.1) is 18.0 Å². The standard InChI is InChI=1S/C22H27NO7/c1-5-18-12(2)20(28-13(3)24)21(29-14(4)25)22(30-18)23-11-15(10-19(26)27)16-8-6-7-9-17(16)23/h6-9,11-12,18,20-22H,5,10H2,1-4H3,(H,26,27)/t12-,18-,20+,21-,22-/m1/s1. The van der Waals surface area contributed by atoms with Crippen LogP contribution in [-0.2, 0) is 35.0 Å². The number of benzene rings is 1. The van der Waals surface area contributed by atoms with E-state index in [-0.39, 0.29) is 18.4 Å². The molecule has 1 aromatic heterocycles. The maximum Gasteiger partial charge on any atom is 0.307 e. The van der Waals surface area contributed by atoms with Crippen LogP contribution in [0.25, 0.3) is 10.9 Å². The molecule has 3 rings (SSSR count). The van der Waals surface area contributed by atoms with Gasteiger partial charge in [-0.15, -0.1) is 0 Å². The van der Waals surface area contributed by atoms with Gasteiger partial charge >= 0.3 is 17.9 Å². The third-order valence-corrected chi connectivity index (χ3v) is 5.47. The second kappa shape index (κ2) is 8.87. The topological polar surface area (TPSA) is 104 Å². The molecule has 2 aromatic rings. The Kier molecular flexibility index (Phi) is 6.45. The van der Waals surface area contributed by atoms with E-state index in [2.05, 4.69) is 0 Å². The van der Waals surface area contributed by atoms with Gasteiger partial charge in [-0.3, -0.25) is 14.4 Å². The first-order chi connectivity index (χ1) is 14.2. The van der Waals surface area contributed by atoms with E-state index in [0.29, 0.717) is 12.0 Å². The molecule has 0 spiro atoms. The molecular weight excluding hydrogens is 390 g/mol. The fraction of sp³-hybridized carbons (Fsp3) is 0.500. The minimum Gasteiger partial charge on any atom is -0.481 e. The molecular formula is C22H27NO7. The number of aliphatic carboxylic acids is 1. The number of carboxylic acid groups (broad SMARTS) is 1. The van der Waals surface area contributed by atoms with Gasteiger partial charge in [-0.05, 0) is 18.1 Å². The van der Waals surface area contributed by atoms with Crippen molar-refractivity contribution in [3.63, 3.8) is 0 Å². The van der Waals surface area contributed by atoms with Gasteiger partial charge in [0, 0.05) is 31.3 Å². The molecule has 1 saturated heterocycles. The zero-order chi connectivity index (χ0) is 22.0. The third-order valence-electron chi connectivity index (χ3n) is 5.47. The molecule has 8 nitrogen and oxygen atoms in total. The van der Waals surface area contributed by atoms with Crippen LogP contribution in [0.5, 0.6) is 0 Å². The minimum atomic E-state index is -0.947. The van der Waals surface area contributed by atoms with Crippen molar-refractivity contribution in [2.24, 2.45) is 5.92 Å². The summed E-state index contributed by atoms with van der Waals surface area (Å²) in [5.74, 6) is -2.13. The highest BCUT2D eigenvalue weighted by Gasteiger charge is 2.48. The Labute approximate surface area is 174 Å². The number of hydrogen-bond donors (Lipinski definition) is 1. The number of fused-ring (bicyclic) bond motifs is 1. The van der Waals surface area contributed by atoms with E-state index in [4.69, 9.17) is 14.2 Å². The molecule has 5 atom stereocenters. The fourth-order valence-electron chi connectivity index (χ4n) is 4.22. The molecule has 0 unspecified atom stereocenters. The van der Waals surface area contributed by atoms with Crippen molar-refractivity contribution in [1.29, 1.82) is 0 Å². The average Bonchev–Trinajstić information content (AvgIpc) is 3.02. The van der Waals surface area contributed by atoms with Gasteiger partial charge in [-0.25, -0.2) is 0 Å². The third kappa shape index (κ3) is 4.33. The van der Waals surface area contributed by atoms with E-state index in [1.165, 1.54) is 13.8 Å². The van der Waals surface area contributed by atoms with Crippen molar-refractivity contribution in [1.82, 2.24) is 4.57 Å². The fourth-order valence-corrected chi connectivity index (χ4v) is 4.22. The molecule has 1 fully saturated rings. The van der Waals surface area contributed by atoms with Crippen LogP contribution >= 0.6 is 0 Å². The highest BCUT2D eigenvalue weighted by atomic mass is 16.6. The summed E-state index contributed by atoms with van der Waals surface area (Å²) in [6.45, 7) is 6.48. The van der Waals surface area contributed by atoms with Gasteiger partial charge in [-0.2, -0.15) is 0 Å². The molecule has 1 aliphatic heterocycles. The summed E-state index contributed by atoms with van der Waals surface area (Å²) < 4.78 is 19.3. The second-order valence-corrected chi connectivity index (χ2v) is 7.63. The first kappa shape index (κ1) is 21.8. The molecule has 8 heteroatoms. The Balaban J connectivity index is 2.14. The molecule has 0 bridgehead atoms. The van der Waals surface area contributed by atoms with Gasteiger partial charge in [0.1, 0.15) is 6.10 Å². The molecule has 2 heterocycles. The van der Waals surface area contributed by atoms with Gasteiger partial charge < -0.3 is 23.9 Å². The first-order valence-corrected chi connectivity index (χ1v) is 10.0. The number of ether oxygens (including phenoxy) is 3. The lowest BCUT2D eigenvalue weighted by Gasteiger charge is -2.44. The number of para-hydroxylation sites is 1. The summed E-state index contributed by atoms with van der Waals surface area (Å²) in [5.41, 5.74) is 1.38. The largest absolute Gasteiger partial charge is 0.481 e. The summed E-state index contributed by atoms with van der Waals surface area (Å²) in [5, 5.41) is 10.1. The number of carboxylic acids is 1. The van der Waals surface area contributed by atoms with E-state index in [0.717, 1.165) is 10.9 Å². The van der Waals surface area contributed by atoms with E-state index in [1.807, 2.05) is 38.1 Å². The van der Waals surface area contributed by atoms with Crippen LogP contribution in [0, 0.1) is 5.92 Å². The molecule has 0 radical (unpaired) electrons. The molecule has 0 saturated carbocycles. The Bertz CT molecular complexity index is 950. The quantitative estimate of drug-likeness (QED) is 0.720. The average molecular weight is 417 g/mol. The number of carbonyl (C=O) groups is 3. The van der Waals surface area contributed by atoms with Gasteiger partial charge in [-0.1, -0.05) is 32.0 Å². The normalized spacial score (nSPS) is 26.3. The molecule has 1 N–H and O–H groups in total. The highest BCUT2D eigenvalue weighted by Crippen LogP contribution is 2.39. The van der Waals surface area contributed by atoms with Crippen LogP contribution in [-0.4, -0.2) is 45.9 Å². The second-order valence-electron chi connectivity index (χ2n) is 7.63. The number of carbonyl (C=O) groups excluding carboxylic acids is 2. The van der Waals surface area contributed by atoms with Crippen molar-refractivity contribution in [3.8, 4) is 0 Å². The smallest absolute Gasteiger partial charge is 0.307 e. The Morgan fingerprint density at radius 1 is 1.10 bits per heavy atom. The number of aromatic nitrogens is 1. The molecule has 162 valence electrons.